The lowest BCUT2D eigenvalue weighted by atomic mass is 10.2. The van der Waals surface area contributed by atoms with Gasteiger partial charge in [0, 0.05) is 5.73 Å². The zero-order valence-electron chi connectivity index (χ0n) is 11.4. The summed E-state index contributed by atoms with van der Waals surface area (Å²) in [4.78, 5) is 0. The monoisotopic (exact) mass is 350 g/mol. The summed E-state index contributed by atoms with van der Waals surface area (Å²) >= 11 is 17.5. The van der Waals surface area contributed by atoms with Gasteiger partial charge in [-0.1, -0.05) is 25.8 Å². The third-order valence-electron chi connectivity index (χ3n) is 2.46. The molecule has 0 N–H and O–H groups in total. The molecule has 0 aromatic rings. The predicted molar refractivity (Wildman–Crippen MR) is 89.2 cm³/mol. The summed E-state index contributed by atoms with van der Waals surface area (Å²) in [5, 5.41) is 0. The first-order valence-corrected chi connectivity index (χ1v) is 17.3. The van der Waals surface area contributed by atoms with E-state index in [1.165, 1.54) is 19.3 Å². The molecule has 0 aromatic carbocycles. The van der Waals surface area contributed by atoms with Gasteiger partial charge in [-0.3, -0.25) is 0 Å². The summed E-state index contributed by atoms with van der Waals surface area (Å²) in [7, 11) is -1.43. The van der Waals surface area contributed by atoms with Crippen molar-refractivity contribution in [3.63, 3.8) is 0 Å². The minimum Gasteiger partial charge on any atom is -0.418 e. The Morgan fingerprint density at radius 2 is 1.65 bits per heavy atom. The quantitative estimate of drug-likeness (QED) is 0.335. The molecular weight excluding hydrogens is 327 g/mol. The Hall–Kier alpha value is 1.48. The standard InChI is InChI=1S/C10H25Cl3OSi3/c1-15-10(14-16(2,3)4)8-6-5-7-9-17(11,12)13/h10H,5-9,15H2,1-4H3. The average Bonchev–Trinajstić information content (AvgIpc) is 2.11. The van der Waals surface area contributed by atoms with Crippen LogP contribution in [0.5, 0.6) is 0 Å². The van der Waals surface area contributed by atoms with Gasteiger partial charge in [-0.25, -0.2) is 0 Å². The zero-order chi connectivity index (χ0) is 13.5. The second-order valence-electron chi connectivity index (χ2n) is 5.47. The van der Waals surface area contributed by atoms with E-state index >= 15 is 0 Å². The van der Waals surface area contributed by atoms with Gasteiger partial charge in [0.15, 0.2) is 8.32 Å². The van der Waals surface area contributed by atoms with Crippen molar-refractivity contribution < 1.29 is 4.43 Å². The highest BCUT2D eigenvalue weighted by molar-refractivity contribution is 7.64. The molecule has 0 spiro atoms. The van der Waals surface area contributed by atoms with Crippen LogP contribution in [0, 0.1) is 0 Å². The molecule has 104 valence electrons. The van der Waals surface area contributed by atoms with Gasteiger partial charge in [-0.05, 0) is 32.1 Å². The van der Waals surface area contributed by atoms with Gasteiger partial charge in [-0.15, -0.1) is 33.2 Å². The molecule has 0 aliphatic heterocycles. The van der Waals surface area contributed by atoms with Crippen LogP contribution in [0.4, 0.5) is 0 Å². The van der Waals surface area contributed by atoms with Crippen LogP contribution in [0.2, 0.25) is 32.2 Å². The molecule has 0 fully saturated rings. The third-order valence-corrected chi connectivity index (χ3v) is 7.94. The van der Waals surface area contributed by atoms with Crippen molar-refractivity contribution in [3.05, 3.63) is 0 Å². The molecule has 1 unspecified atom stereocenters. The van der Waals surface area contributed by atoms with Crippen molar-refractivity contribution in [2.45, 2.75) is 63.6 Å². The number of hydrogen-bond donors (Lipinski definition) is 0. The third kappa shape index (κ3) is 13.7. The first-order chi connectivity index (χ1) is 7.64. The molecule has 0 saturated carbocycles. The Morgan fingerprint density at radius 3 is 2.06 bits per heavy atom. The molecule has 0 bridgehead atoms. The highest BCUT2D eigenvalue weighted by Gasteiger charge is 2.24. The van der Waals surface area contributed by atoms with Gasteiger partial charge < -0.3 is 4.43 Å². The van der Waals surface area contributed by atoms with Gasteiger partial charge in [0.05, 0.1) is 9.52 Å². The van der Waals surface area contributed by atoms with Gasteiger partial charge in [0.1, 0.15) is 0 Å². The summed E-state index contributed by atoms with van der Waals surface area (Å²) < 4.78 is 6.17. The van der Waals surface area contributed by atoms with E-state index in [4.69, 9.17) is 37.7 Å². The highest BCUT2D eigenvalue weighted by atomic mass is 35.8. The topological polar surface area (TPSA) is 9.23 Å². The fourth-order valence-corrected chi connectivity index (χ4v) is 7.56. The fourth-order valence-electron chi connectivity index (χ4n) is 1.72. The molecule has 0 aliphatic rings. The second-order valence-corrected chi connectivity index (χ2v) is 20.9. The van der Waals surface area contributed by atoms with Crippen molar-refractivity contribution in [1.82, 2.24) is 0 Å². The molecule has 0 amide bonds. The lowest BCUT2D eigenvalue weighted by Gasteiger charge is -2.25. The molecule has 17 heavy (non-hydrogen) atoms. The van der Waals surface area contributed by atoms with E-state index in [2.05, 4.69) is 26.2 Å². The van der Waals surface area contributed by atoms with Crippen molar-refractivity contribution in [2.75, 3.05) is 0 Å². The molecule has 0 saturated heterocycles. The molecule has 0 aromatic heterocycles. The first kappa shape index (κ1) is 18.5. The zero-order valence-corrected chi connectivity index (χ0v) is 17.0. The molecular formula is C10H25Cl3OSi3. The second kappa shape index (κ2) is 8.61. The largest absolute Gasteiger partial charge is 0.418 e. The lowest BCUT2D eigenvalue weighted by molar-refractivity contribution is 0.254. The minimum absolute atomic E-state index is 0.0705. The number of hydrogen-bond acceptors (Lipinski definition) is 1. The number of rotatable bonds is 9. The van der Waals surface area contributed by atoms with E-state index in [0.717, 1.165) is 12.5 Å². The summed E-state index contributed by atoms with van der Waals surface area (Å²) in [6, 6.07) is -1.59. The van der Waals surface area contributed by atoms with Gasteiger partial charge in [0.2, 0.25) is 0 Å². The van der Waals surface area contributed by atoms with Crippen molar-refractivity contribution in [1.29, 1.82) is 0 Å². The molecule has 0 aliphatic carbocycles. The fraction of sp³-hybridized carbons (Fsp3) is 1.00. The van der Waals surface area contributed by atoms with Crippen LogP contribution in [-0.2, 0) is 4.43 Å². The first-order valence-electron chi connectivity index (χ1n) is 6.38. The van der Waals surface area contributed by atoms with E-state index in [0.29, 0.717) is 5.73 Å². The van der Waals surface area contributed by atoms with E-state index < -0.39 is 14.3 Å². The van der Waals surface area contributed by atoms with Gasteiger partial charge in [0.25, 0.3) is 0 Å². The van der Waals surface area contributed by atoms with Gasteiger partial charge in [-0.2, -0.15) is 0 Å². The SMILES string of the molecule is C[SiH2]C(CCCCC[Si](Cl)(Cl)Cl)O[Si](C)(C)C. The summed E-state index contributed by atoms with van der Waals surface area (Å²) in [6.07, 6.45) is 4.63. The van der Waals surface area contributed by atoms with Crippen molar-refractivity contribution >= 4 is 57.1 Å². The summed E-state index contributed by atoms with van der Waals surface area (Å²) in [5.41, 5.74) is 0.562. The maximum atomic E-state index is 6.17. The van der Waals surface area contributed by atoms with Crippen LogP contribution in [0.25, 0.3) is 0 Å². The normalized spacial score (nSPS) is 15.7. The van der Waals surface area contributed by atoms with Crippen LogP contribution < -0.4 is 0 Å². The molecule has 0 heterocycles. The van der Waals surface area contributed by atoms with Gasteiger partial charge >= 0.3 is 6.00 Å². The minimum atomic E-state index is -2.38. The van der Waals surface area contributed by atoms with E-state index in [9.17, 15) is 0 Å². The molecule has 1 nitrogen and oxygen atoms in total. The Balaban J connectivity index is 3.64. The molecule has 0 radical (unpaired) electrons. The Bertz CT molecular complexity index is 204. The average molecular weight is 352 g/mol. The van der Waals surface area contributed by atoms with Crippen molar-refractivity contribution in [3.8, 4) is 0 Å². The molecule has 0 rings (SSSR count). The predicted octanol–water partition coefficient (Wildman–Crippen LogP) is 4.60. The maximum Gasteiger partial charge on any atom is 0.341 e. The van der Waals surface area contributed by atoms with Crippen LogP contribution in [0.3, 0.4) is 0 Å². The van der Waals surface area contributed by atoms with E-state index in [1.54, 1.807) is 0 Å². The summed E-state index contributed by atoms with van der Waals surface area (Å²) in [6.45, 7) is 9.12. The Kier molecular flexibility index (Phi) is 9.36. The van der Waals surface area contributed by atoms with E-state index in [1.807, 2.05) is 0 Å². The Labute approximate surface area is 125 Å². The van der Waals surface area contributed by atoms with Crippen LogP contribution in [0.1, 0.15) is 25.7 Å². The summed E-state index contributed by atoms with van der Waals surface area (Å²) in [5.74, 6) is 0. The van der Waals surface area contributed by atoms with E-state index in [-0.39, 0.29) is 9.52 Å². The molecule has 7 heteroatoms. The van der Waals surface area contributed by atoms with Crippen LogP contribution >= 0.6 is 33.2 Å². The van der Waals surface area contributed by atoms with Crippen LogP contribution in [0.15, 0.2) is 0 Å². The van der Waals surface area contributed by atoms with Crippen LogP contribution in [-0.4, -0.2) is 29.6 Å². The maximum absolute atomic E-state index is 6.17. The Morgan fingerprint density at radius 1 is 1.06 bits per heavy atom. The van der Waals surface area contributed by atoms with Crippen molar-refractivity contribution in [2.24, 2.45) is 0 Å². The molecule has 1 atom stereocenters. The lowest BCUT2D eigenvalue weighted by Crippen LogP contribution is -2.34. The number of unbranched alkanes of at least 4 members (excludes halogenated alkanes) is 2. The smallest absolute Gasteiger partial charge is 0.341 e. The highest BCUT2D eigenvalue weighted by Crippen LogP contribution is 2.27. The number of halogens is 3.